The summed E-state index contributed by atoms with van der Waals surface area (Å²) in [4.78, 5) is 16.1. The quantitative estimate of drug-likeness (QED) is 0.829. The number of hydrogen-bond donors (Lipinski definition) is 2. The minimum atomic E-state index is 0.00276. The van der Waals surface area contributed by atoms with Gasteiger partial charge in [0.25, 0.3) is 0 Å². The molecule has 0 aliphatic carbocycles. The van der Waals surface area contributed by atoms with Crippen LogP contribution in [0.3, 0.4) is 0 Å². The first kappa shape index (κ1) is 12.4. The molecule has 1 saturated heterocycles. The molecule has 3 heteroatoms. The van der Waals surface area contributed by atoms with Crippen LogP contribution in [0.15, 0.2) is 18.2 Å². The van der Waals surface area contributed by atoms with Crippen molar-refractivity contribution in [1.29, 1.82) is 0 Å². The summed E-state index contributed by atoms with van der Waals surface area (Å²) >= 11 is 0. The monoisotopic (exact) mass is 256 g/mol. The van der Waals surface area contributed by atoms with Gasteiger partial charge in [-0.1, -0.05) is 25.1 Å². The fourth-order valence-corrected chi connectivity index (χ4v) is 3.10. The fraction of sp³-hybridized carbons (Fsp3) is 0.438. The highest BCUT2D eigenvalue weighted by molar-refractivity contribution is 6.12. The van der Waals surface area contributed by atoms with E-state index < -0.39 is 0 Å². The molecule has 100 valence electrons. The van der Waals surface area contributed by atoms with Crippen LogP contribution >= 0.6 is 0 Å². The Labute approximate surface area is 113 Å². The molecule has 3 rings (SSSR count). The van der Waals surface area contributed by atoms with Crippen LogP contribution in [0.25, 0.3) is 10.9 Å². The van der Waals surface area contributed by atoms with Crippen molar-refractivity contribution in [2.24, 2.45) is 0 Å². The van der Waals surface area contributed by atoms with Gasteiger partial charge in [-0.25, -0.2) is 0 Å². The maximum Gasteiger partial charge on any atom is 0.182 e. The first-order chi connectivity index (χ1) is 9.22. The van der Waals surface area contributed by atoms with Crippen molar-refractivity contribution in [3.63, 3.8) is 0 Å². The molecule has 1 atom stereocenters. The number of aromatic nitrogens is 1. The van der Waals surface area contributed by atoms with E-state index in [1.165, 1.54) is 5.56 Å². The third kappa shape index (κ3) is 1.98. The lowest BCUT2D eigenvalue weighted by atomic mass is 9.98. The highest BCUT2D eigenvalue weighted by Crippen LogP contribution is 2.27. The molecule has 2 N–H and O–H groups in total. The normalized spacial score (nSPS) is 19.2. The number of para-hydroxylation sites is 1. The Morgan fingerprint density at radius 3 is 2.95 bits per heavy atom. The first-order valence-electron chi connectivity index (χ1n) is 7.10. The van der Waals surface area contributed by atoms with E-state index in [1.807, 2.05) is 13.0 Å². The minimum Gasteiger partial charge on any atom is -0.358 e. The van der Waals surface area contributed by atoms with Gasteiger partial charge in [-0.15, -0.1) is 0 Å². The van der Waals surface area contributed by atoms with Crippen molar-refractivity contribution < 1.29 is 4.79 Å². The van der Waals surface area contributed by atoms with Crippen LogP contribution in [0.1, 0.15) is 41.4 Å². The van der Waals surface area contributed by atoms with Gasteiger partial charge in [-0.3, -0.25) is 4.79 Å². The summed E-state index contributed by atoms with van der Waals surface area (Å²) < 4.78 is 0. The van der Waals surface area contributed by atoms with Crippen LogP contribution in [0, 0.1) is 6.92 Å². The molecule has 1 aliphatic heterocycles. The van der Waals surface area contributed by atoms with Crippen molar-refractivity contribution in [1.82, 2.24) is 10.3 Å². The molecule has 0 bridgehead atoms. The van der Waals surface area contributed by atoms with E-state index in [4.69, 9.17) is 0 Å². The fourth-order valence-electron chi connectivity index (χ4n) is 3.10. The van der Waals surface area contributed by atoms with Crippen molar-refractivity contribution >= 4 is 16.7 Å². The van der Waals surface area contributed by atoms with Crippen molar-refractivity contribution in [2.45, 2.75) is 39.2 Å². The van der Waals surface area contributed by atoms with Crippen LogP contribution in [0.5, 0.6) is 0 Å². The molecule has 19 heavy (non-hydrogen) atoms. The Morgan fingerprint density at radius 2 is 2.26 bits per heavy atom. The Bertz CT molecular complexity index is 621. The number of Topliss-reactive ketones (excluding diaryl/α,β-unsaturated/α-hetero) is 1. The summed E-state index contributed by atoms with van der Waals surface area (Å²) in [6.45, 7) is 5.10. The first-order valence-corrected chi connectivity index (χ1v) is 7.10. The summed E-state index contributed by atoms with van der Waals surface area (Å²) in [5.74, 6) is 0.245. The van der Waals surface area contributed by atoms with Gasteiger partial charge in [0.15, 0.2) is 5.78 Å². The molecule has 3 nitrogen and oxygen atoms in total. The number of carbonyl (C=O) groups excluding carboxylic acids is 1. The highest BCUT2D eigenvalue weighted by atomic mass is 16.1. The van der Waals surface area contributed by atoms with Gasteiger partial charge in [0.1, 0.15) is 0 Å². The second-order valence-electron chi connectivity index (χ2n) is 5.33. The molecule has 1 aliphatic rings. The van der Waals surface area contributed by atoms with Crippen molar-refractivity contribution in [3.8, 4) is 0 Å². The van der Waals surface area contributed by atoms with Crippen molar-refractivity contribution in [2.75, 3.05) is 6.54 Å². The number of rotatable bonds is 3. The lowest BCUT2D eigenvalue weighted by Crippen LogP contribution is -2.31. The van der Waals surface area contributed by atoms with Gasteiger partial charge in [0.05, 0.1) is 6.04 Å². The number of H-pyrrole nitrogens is 1. The molecule has 2 aromatic rings. The van der Waals surface area contributed by atoms with E-state index >= 15 is 0 Å². The lowest BCUT2D eigenvalue weighted by Gasteiger charge is -2.09. The third-order valence-corrected chi connectivity index (χ3v) is 4.11. The zero-order valence-corrected chi connectivity index (χ0v) is 11.5. The van der Waals surface area contributed by atoms with Crippen LogP contribution in [0.2, 0.25) is 0 Å². The molecule has 1 aromatic heterocycles. The Morgan fingerprint density at radius 1 is 1.42 bits per heavy atom. The summed E-state index contributed by atoms with van der Waals surface area (Å²) in [6.07, 6.45) is 3.03. The molecule has 1 unspecified atom stereocenters. The minimum absolute atomic E-state index is 0.00276. The van der Waals surface area contributed by atoms with E-state index in [-0.39, 0.29) is 11.8 Å². The molecular weight excluding hydrogens is 236 g/mol. The number of fused-ring (bicyclic) bond motifs is 1. The van der Waals surface area contributed by atoms with E-state index in [1.54, 1.807) is 0 Å². The molecule has 2 heterocycles. The highest BCUT2D eigenvalue weighted by Gasteiger charge is 2.27. The van der Waals surface area contributed by atoms with Crippen molar-refractivity contribution in [3.05, 3.63) is 35.0 Å². The maximum atomic E-state index is 12.7. The van der Waals surface area contributed by atoms with Gasteiger partial charge in [0.2, 0.25) is 0 Å². The maximum absolute atomic E-state index is 12.7. The molecule has 0 radical (unpaired) electrons. The molecule has 1 aromatic carbocycles. The number of hydrogen-bond acceptors (Lipinski definition) is 2. The predicted molar refractivity (Wildman–Crippen MR) is 77.8 cm³/mol. The Balaban J connectivity index is 2.12. The average Bonchev–Trinajstić information content (AvgIpc) is 3.04. The number of carbonyl (C=O) groups is 1. The topological polar surface area (TPSA) is 44.9 Å². The van der Waals surface area contributed by atoms with Gasteiger partial charge in [-0.05, 0) is 38.3 Å². The summed E-state index contributed by atoms with van der Waals surface area (Å²) in [5.41, 5.74) is 4.28. The summed E-state index contributed by atoms with van der Waals surface area (Å²) in [6, 6.07) is 6.23. The van der Waals surface area contributed by atoms with Gasteiger partial charge < -0.3 is 10.3 Å². The molecule has 0 amide bonds. The van der Waals surface area contributed by atoms with Gasteiger partial charge in [-0.2, -0.15) is 0 Å². The van der Waals surface area contributed by atoms with Crippen LogP contribution in [-0.2, 0) is 6.42 Å². The molecule has 1 fully saturated rings. The average molecular weight is 256 g/mol. The van der Waals surface area contributed by atoms with Crippen LogP contribution < -0.4 is 5.32 Å². The van der Waals surface area contributed by atoms with Gasteiger partial charge >= 0.3 is 0 Å². The summed E-state index contributed by atoms with van der Waals surface area (Å²) in [5, 5.41) is 4.38. The van der Waals surface area contributed by atoms with E-state index in [9.17, 15) is 4.79 Å². The SMILES string of the molecule is CCc1cccc2c(C(=O)C3CCCN3)c(C)[nH]c12. The number of aryl methyl sites for hydroxylation is 2. The Hall–Kier alpha value is -1.61. The summed E-state index contributed by atoms with van der Waals surface area (Å²) in [7, 11) is 0. The number of benzene rings is 1. The van der Waals surface area contributed by atoms with Crippen LogP contribution in [0.4, 0.5) is 0 Å². The van der Waals surface area contributed by atoms with Gasteiger partial charge in [0, 0.05) is 22.2 Å². The third-order valence-electron chi connectivity index (χ3n) is 4.11. The van der Waals surface area contributed by atoms with E-state index in [0.29, 0.717) is 0 Å². The van der Waals surface area contributed by atoms with E-state index in [2.05, 4.69) is 29.4 Å². The lowest BCUT2D eigenvalue weighted by molar-refractivity contribution is 0.0953. The number of nitrogens with one attached hydrogen (secondary N) is 2. The largest absolute Gasteiger partial charge is 0.358 e. The second-order valence-corrected chi connectivity index (χ2v) is 5.33. The number of aromatic amines is 1. The van der Waals surface area contributed by atoms with Crippen LogP contribution in [-0.4, -0.2) is 23.4 Å². The zero-order chi connectivity index (χ0) is 13.4. The molecule has 0 saturated carbocycles. The molecular formula is C16H20N2O. The Kier molecular flexibility index (Phi) is 3.15. The molecule has 0 spiro atoms. The number of ketones is 1. The predicted octanol–water partition coefficient (Wildman–Crippen LogP) is 2.97. The second kappa shape index (κ2) is 4.82. The smallest absolute Gasteiger partial charge is 0.182 e. The van der Waals surface area contributed by atoms with E-state index in [0.717, 1.165) is 48.0 Å². The standard InChI is InChI=1S/C16H20N2O/c1-3-11-6-4-7-12-14(10(2)18-15(11)12)16(19)13-8-5-9-17-13/h4,6-7,13,17-18H,3,5,8-9H2,1-2H3. The zero-order valence-electron chi connectivity index (χ0n) is 11.5.